The fourth-order valence-electron chi connectivity index (χ4n) is 2.51. The number of hydrogen-bond donors (Lipinski definition) is 1. The zero-order valence-electron chi connectivity index (χ0n) is 11.8. The molecule has 1 fully saturated rings. The normalized spacial score (nSPS) is 15.6. The average Bonchev–Trinajstić information content (AvgIpc) is 3.31. The quantitative estimate of drug-likeness (QED) is 0.834. The first-order valence-electron chi connectivity index (χ1n) is 7.03. The monoisotopic (exact) mass is 305 g/mol. The molecule has 1 atom stereocenters. The molecule has 0 saturated heterocycles. The molecule has 3 rings (SSSR count). The largest absolute Gasteiger partial charge is 0.495 e. The maximum absolute atomic E-state index is 13.1. The van der Waals surface area contributed by atoms with E-state index in [1.807, 2.05) is 30.3 Å². The predicted octanol–water partition coefficient (Wildman–Crippen LogP) is 5.05. The van der Waals surface area contributed by atoms with Crippen molar-refractivity contribution in [1.82, 2.24) is 0 Å². The average molecular weight is 306 g/mol. The number of nitrogens with one attached hydrogen (secondary N) is 1. The van der Waals surface area contributed by atoms with Gasteiger partial charge >= 0.3 is 0 Å². The van der Waals surface area contributed by atoms with Crippen LogP contribution in [0.4, 0.5) is 10.1 Å². The van der Waals surface area contributed by atoms with Crippen molar-refractivity contribution in [1.29, 1.82) is 0 Å². The van der Waals surface area contributed by atoms with Crippen LogP contribution in [-0.2, 0) is 0 Å². The minimum Gasteiger partial charge on any atom is -0.495 e. The van der Waals surface area contributed by atoms with E-state index < -0.39 is 0 Å². The molecule has 0 aliphatic heterocycles. The van der Waals surface area contributed by atoms with E-state index in [2.05, 4.69) is 5.32 Å². The first-order chi connectivity index (χ1) is 10.2. The van der Waals surface area contributed by atoms with Gasteiger partial charge in [0.2, 0.25) is 0 Å². The zero-order chi connectivity index (χ0) is 14.8. The van der Waals surface area contributed by atoms with E-state index in [0.29, 0.717) is 16.7 Å². The Morgan fingerprint density at radius 3 is 2.48 bits per heavy atom. The lowest BCUT2D eigenvalue weighted by Crippen LogP contribution is -2.13. The highest BCUT2D eigenvalue weighted by atomic mass is 35.5. The molecule has 110 valence electrons. The Morgan fingerprint density at radius 2 is 1.90 bits per heavy atom. The second-order valence-corrected chi connectivity index (χ2v) is 5.77. The molecule has 1 saturated carbocycles. The van der Waals surface area contributed by atoms with Gasteiger partial charge in [-0.15, -0.1) is 0 Å². The van der Waals surface area contributed by atoms with Gasteiger partial charge in [-0.25, -0.2) is 4.39 Å². The third-order valence-electron chi connectivity index (χ3n) is 3.80. The summed E-state index contributed by atoms with van der Waals surface area (Å²) in [5.41, 5.74) is 2.05. The first-order valence-corrected chi connectivity index (χ1v) is 7.40. The molecule has 21 heavy (non-hydrogen) atoms. The van der Waals surface area contributed by atoms with Gasteiger partial charge in [0.1, 0.15) is 11.6 Å². The summed E-state index contributed by atoms with van der Waals surface area (Å²) in [4.78, 5) is 0. The van der Waals surface area contributed by atoms with E-state index in [1.165, 1.54) is 25.0 Å². The predicted molar refractivity (Wildman–Crippen MR) is 83.5 cm³/mol. The number of hydrogen-bond acceptors (Lipinski definition) is 2. The van der Waals surface area contributed by atoms with Crippen LogP contribution in [-0.4, -0.2) is 7.11 Å². The third-order valence-corrected chi connectivity index (χ3v) is 4.09. The zero-order valence-corrected chi connectivity index (χ0v) is 12.5. The van der Waals surface area contributed by atoms with Crippen molar-refractivity contribution in [3.8, 4) is 5.75 Å². The highest BCUT2D eigenvalue weighted by Crippen LogP contribution is 2.43. The van der Waals surface area contributed by atoms with Gasteiger partial charge in [0, 0.05) is 5.69 Å². The van der Waals surface area contributed by atoms with Crippen LogP contribution in [0.2, 0.25) is 5.02 Å². The minimum atomic E-state index is -0.208. The molecule has 1 N–H and O–H groups in total. The van der Waals surface area contributed by atoms with Crippen LogP contribution in [0.15, 0.2) is 42.5 Å². The molecule has 1 unspecified atom stereocenters. The van der Waals surface area contributed by atoms with Crippen molar-refractivity contribution < 1.29 is 9.13 Å². The number of anilines is 1. The summed E-state index contributed by atoms with van der Waals surface area (Å²) in [7, 11) is 1.60. The van der Waals surface area contributed by atoms with Gasteiger partial charge in [-0.1, -0.05) is 23.7 Å². The lowest BCUT2D eigenvalue weighted by molar-refractivity contribution is 0.415. The van der Waals surface area contributed by atoms with E-state index >= 15 is 0 Å². The van der Waals surface area contributed by atoms with E-state index in [1.54, 1.807) is 7.11 Å². The summed E-state index contributed by atoms with van der Waals surface area (Å²) >= 11 is 6.16. The Bertz CT molecular complexity index is 625. The summed E-state index contributed by atoms with van der Waals surface area (Å²) in [5, 5.41) is 4.09. The van der Waals surface area contributed by atoms with Crippen molar-refractivity contribution in [2.24, 2.45) is 5.92 Å². The number of methoxy groups -OCH3 is 1. The van der Waals surface area contributed by atoms with Crippen LogP contribution in [0.25, 0.3) is 0 Å². The van der Waals surface area contributed by atoms with Crippen LogP contribution >= 0.6 is 11.6 Å². The fourth-order valence-corrected chi connectivity index (χ4v) is 2.77. The summed E-state index contributed by atoms with van der Waals surface area (Å²) in [6, 6.07) is 12.5. The van der Waals surface area contributed by atoms with Gasteiger partial charge in [0.25, 0.3) is 0 Å². The van der Waals surface area contributed by atoms with E-state index in [0.717, 1.165) is 11.3 Å². The smallest absolute Gasteiger partial charge is 0.137 e. The summed E-state index contributed by atoms with van der Waals surface area (Å²) in [6.45, 7) is 0. The molecule has 1 aliphatic carbocycles. The van der Waals surface area contributed by atoms with Crippen LogP contribution in [0.3, 0.4) is 0 Å². The molecule has 2 aromatic carbocycles. The van der Waals surface area contributed by atoms with Gasteiger partial charge in [0.05, 0.1) is 18.2 Å². The van der Waals surface area contributed by atoms with Crippen LogP contribution in [0.1, 0.15) is 24.4 Å². The van der Waals surface area contributed by atoms with E-state index in [9.17, 15) is 4.39 Å². The van der Waals surface area contributed by atoms with Gasteiger partial charge in [0.15, 0.2) is 0 Å². The number of halogens is 2. The van der Waals surface area contributed by atoms with E-state index in [-0.39, 0.29) is 11.9 Å². The molecule has 1 aliphatic rings. The van der Waals surface area contributed by atoms with Crippen LogP contribution in [0, 0.1) is 11.7 Å². The second-order valence-electron chi connectivity index (χ2n) is 5.36. The Hall–Kier alpha value is -1.74. The Balaban J connectivity index is 1.82. The van der Waals surface area contributed by atoms with Crippen molar-refractivity contribution in [3.63, 3.8) is 0 Å². The lowest BCUT2D eigenvalue weighted by Gasteiger charge is -2.20. The molecule has 0 spiro atoms. The molecule has 0 amide bonds. The molecule has 4 heteroatoms. The molecule has 0 bridgehead atoms. The number of ether oxygens (including phenoxy) is 1. The fraction of sp³-hybridized carbons (Fsp3) is 0.294. The summed E-state index contributed by atoms with van der Waals surface area (Å²) in [6.07, 6.45) is 2.39. The molecule has 2 nitrogen and oxygen atoms in total. The molecular weight excluding hydrogens is 289 g/mol. The Kier molecular flexibility index (Phi) is 4.02. The highest BCUT2D eigenvalue weighted by Gasteiger charge is 2.32. The Labute approximate surface area is 128 Å². The maximum atomic E-state index is 13.1. The van der Waals surface area contributed by atoms with Crippen LogP contribution in [0.5, 0.6) is 5.75 Å². The standard InChI is InChI=1S/C17H17ClFNO/c1-21-16-9-8-14(10-15(16)18)20-17(11-2-3-11)12-4-6-13(19)7-5-12/h4-11,17,20H,2-3H2,1H3. The Morgan fingerprint density at radius 1 is 1.19 bits per heavy atom. The van der Waals surface area contributed by atoms with Crippen molar-refractivity contribution in [2.75, 3.05) is 12.4 Å². The summed E-state index contributed by atoms with van der Waals surface area (Å²) in [5.74, 6) is 1.05. The van der Waals surface area contributed by atoms with Crippen molar-refractivity contribution in [3.05, 3.63) is 58.9 Å². The SMILES string of the molecule is COc1ccc(NC(c2ccc(F)cc2)C2CC2)cc1Cl. The first kappa shape index (κ1) is 14.2. The number of rotatable bonds is 5. The maximum Gasteiger partial charge on any atom is 0.137 e. The third kappa shape index (κ3) is 3.30. The topological polar surface area (TPSA) is 21.3 Å². The van der Waals surface area contributed by atoms with Crippen molar-refractivity contribution >= 4 is 17.3 Å². The molecule has 0 heterocycles. The minimum absolute atomic E-state index is 0.190. The van der Waals surface area contributed by atoms with Crippen molar-refractivity contribution in [2.45, 2.75) is 18.9 Å². The van der Waals surface area contributed by atoms with Gasteiger partial charge in [-0.3, -0.25) is 0 Å². The molecule has 0 aromatic heterocycles. The number of benzene rings is 2. The van der Waals surface area contributed by atoms with E-state index in [4.69, 9.17) is 16.3 Å². The van der Waals surface area contributed by atoms with Crippen LogP contribution < -0.4 is 10.1 Å². The second kappa shape index (κ2) is 5.94. The van der Waals surface area contributed by atoms with Gasteiger partial charge in [-0.05, 0) is 54.7 Å². The lowest BCUT2D eigenvalue weighted by atomic mass is 10.0. The molecule has 0 radical (unpaired) electrons. The molecular formula is C17H17ClFNO. The van der Waals surface area contributed by atoms with Gasteiger partial charge < -0.3 is 10.1 Å². The van der Waals surface area contributed by atoms with Gasteiger partial charge in [-0.2, -0.15) is 0 Å². The molecule has 2 aromatic rings. The summed E-state index contributed by atoms with van der Waals surface area (Å²) < 4.78 is 18.2. The highest BCUT2D eigenvalue weighted by molar-refractivity contribution is 6.32.